The molecule has 4 nitrogen and oxygen atoms in total. The maximum atomic E-state index is 12.4. The number of nitrogens with zero attached hydrogens (tertiary/aromatic N) is 3. The van der Waals surface area contributed by atoms with Gasteiger partial charge in [0.1, 0.15) is 0 Å². The van der Waals surface area contributed by atoms with E-state index in [1.54, 1.807) is 6.20 Å². The van der Waals surface area contributed by atoms with Gasteiger partial charge in [0.05, 0.1) is 0 Å². The molecule has 0 fully saturated rings. The van der Waals surface area contributed by atoms with E-state index >= 15 is 0 Å². The highest BCUT2D eigenvalue weighted by molar-refractivity contribution is 6.07. The number of rotatable bonds is 4. The minimum absolute atomic E-state index is 0.0570. The van der Waals surface area contributed by atoms with Gasteiger partial charge < -0.3 is 4.57 Å². The first-order valence-corrected chi connectivity index (χ1v) is 6.13. The maximum absolute atomic E-state index is 12.4. The van der Waals surface area contributed by atoms with Crippen molar-refractivity contribution in [2.24, 2.45) is 0 Å². The zero-order valence-electron chi connectivity index (χ0n) is 11.0. The molecule has 0 bridgehead atoms. The number of aryl methyl sites for hydroxylation is 3. The summed E-state index contributed by atoms with van der Waals surface area (Å²) in [5, 5.41) is 0. The largest absolute Gasteiger partial charge is 0.328 e. The van der Waals surface area contributed by atoms with Gasteiger partial charge in [-0.3, -0.25) is 9.78 Å². The molecule has 0 aliphatic carbocycles. The fourth-order valence-electron chi connectivity index (χ4n) is 1.99. The second-order valence-electron chi connectivity index (χ2n) is 4.36. The molecule has 0 saturated heterocycles. The van der Waals surface area contributed by atoms with Crippen LogP contribution >= 0.6 is 0 Å². The molecule has 0 atom stereocenters. The first-order valence-electron chi connectivity index (χ1n) is 6.13. The first-order chi connectivity index (χ1) is 8.63. The zero-order chi connectivity index (χ0) is 13.1. The summed E-state index contributed by atoms with van der Waals surface area (Å²) in [6.45, 7) is 6.65. The predicted molar refractivity (Wildman–Crippen MR) is 69.7 cm³/mol. The van der Waals surface area contributed by atoms with Crippen LogP contribution in [0.25, 0.3) is 0 Å². The molecule has 0 saturated carbocycles. The molecule has 0 aromatic carbocycles. The van der Waals surface area contributed by atoms with Crippen LogP contribution in [0, 0.1) is 13.8 Å². The quantitative estimate of drug-likeness (QED) is 0.775. The van der Waals surface area contributed by atoms with Crippen molar-refractivity contribution in [2.75, 3.05) is 0 Å². The topological polar surface area (TPSA) is 47.8 Å². The minimum Gasteiger partial charge on any atom is -0.328 e. The molecular weight excluding hydrogens is 226 g/mol. The lowest BCUT2D eigenvalue weighted by Gasteiger charge is -2.07. The molecule has 0 amide bonds. The van der Waals surface area contributed by atoms with E-state index in [-0.39, 0.29) is 5.78 Å². The molecule has 0 radical (unpaired) electrons. The van der Waals surface area contributed by atoms with Crippen LogP contribution in [0.5, 0.6) is 0 Å². The Kier molecular flexibility index (Phi) is 3.55. The molecule has 4 heteroatoms. The molecule has 2 aromatic rings. The fraction of sp³-hybridized carbons (Fsp3) is 0.357. The highest BCUT2D eigenvalue weighted by Crippen LogP contribution is 2.12. The van der Waals surface area contributed by atoms with Crippen LogP contribution < -0.4 is 0 Å². The van der Waals surface area contributed by atoms with E-state index in [1.165, 1.54) is 0 Å². The number of pyridine rings is 1. The SMILES string of the molecule is CCCn1ccnc1C(=O)c1ccc(C)nc1C. The van der Waals surface area contributed by atoms with Crippen molar-refractivity contribution in [3.05, 3.63) is 47.3 Å². The second kappa shape index (κ2) is 5.12. The lowest BCUT2D eigenvalue weighted by molar-refractivity contribution is 0.102. The van der Waals surface area contributed by atoms with E-state index in [1.807, 2.05) is 36.7 Å². The molecule has 18 heavy (non-hydrogen) atoms. The number of imidazole rings is 1. The Balaban J connectivity index is 2.38. The minimum atomic E-state index is -0.0570. The van der Waals surface area contributed by atoms with Gasteiger partial charge in [-0.1, -0.05) is 6.92 Å². The van der Waals surface area contributed by atoms with Crippen LogP contribution in [0.4, 0.5) is 0 Å². The van der Waals surface area contributed by atoms with Crippen LogP contribution in [0.3, 0.4) is 0 Å². The number of hydrogen-bond acceptors (Lipinski definition) is 3. The van der Waals surface area contributed by atoms with Crippen LogP contribution in [-0.2, 0) is 6.54 Å². The molecule has 0 aliphatic heterocycles. The van der Waals surface area contributed by atoms with Crippen LogP contribution in [0.15, 0.2) is 24.5 Å². The average molecular weight is 243 g/mol. The van der Waals surface area contributed by atoms with E-state index in [0.717, 1.165) is 24.4 Å². The lowest BCUT2D eigenvalue weighted by Crippen LogP contribution is -2.13. The van der Waals surface area contributed by atoms with Crippen LogP contribution in [0.2, 0.25) is 0 Å². The standard InChI is InChI=1S/C14H17N3O/c1-4-8-17-9-7-15-14(17)13(18)12-6-5-10(2)16-11(12)3/h5-7,9H,4,8H2,1-3H3. The zero-order valence-corrected chi connectivity index (χ0v) is 11.0. The van der Waals surface area contributed by atoms with Gasteiger partial charge >= 0.3 is 0 Å². The average Bonchev–Trinajstić information content (AvgIpc) is 2.77. The van der Waals surface area contributed by atoms with Crippen molar-refractivity contribution in [1.29, 1.82) is 0 Å². The van der Waals surface area contributed by atoms with Crippen molar-refractivity contribution in [2.45, 2.75) is 33.7 Å². The van der Waals surface area contributed by atoms with E-state index in [9.17, 15) is 4.79 Å². The van der Waals surface area contributed by atoms with Gasteiger partial charge in [-0.05, 0) is 32.4 Å². The monoisotopic (exact) mass is 243 g/mol. The third kappa shape index (κ3) is 2.32. The molecule has 0 aliphatic rings. The Hall–Kier alpha value is -1.97. The number of hydrogen-bond donors (Lipinski definition) is 0. The summed E-state index contributed by atoms with van der Waals surface area (Å²) in [7, 11) is 0. The smallest absolute Gasteiger partial charge is 0.230 e. The van der Waals surface area contributed by atoms with Crippen molar-refractivity contribution < 1.29 is 4.79 Å². The fourth-order valence-corrected chi connectivity index (χ4v) is 1.99. The molecule has 0 unspecified atom stereocenters. The summed E-state index contributed by atoms with van der Waals surface area (Å²) >= 11 is 0. The molecule has 0 N–H and O–H groups in total. The van der Waals surface area contributed by atoms with Gasteiger partial charge in [0, 0.05) is 35.9 Å². The molecule has 2 rings (SSSR count). The van der Waals surface area contributed by atoms with Gasteiger partial charge in [0.25, 0.3) is 0 Å². The van der Waals surface area contributed by atoms with E-state index in [2.05, 4.69) is 16.9 Å². The summed E-state index contributed by atoms with van der Waals surface area (Å²) in [6.07, 6.45) is 4.48. The summed E-state index contributed by atoms with van der Waals surface area (Å²) in [6, 6.07) is 3.68. The Morgan fingerprint density at radius 3 is 2.78 bits per heavy atom. The van der Waals surface area contributed by atoms with Crippen molar-refractivity contribution in [1.82, 2.24) is 14.5 Å². The van der Waals surface area contributed by atoms with Gasteiger partial charge in [-0.2, -0.15) is 0 Å². The van der Waals surface area contributed by atoms with Crippen molar-refractivity contribution in [3.63, 3.8) is 0 Å². The highest BCUT2D eigenvalue weighted by Gasteiger charge is 2.17. The summed E-state index contributed by atoms with van der Waals surface area (Å²) in [5.74, 6) is 0.434. The lowest BCUT2D eigenvalue weighted by atomic mass is 10.1. The van der Waals surface area contributed by atoms with Gasteiger partial charge in [-0.15, -0.1) is 0 Å². The number of ketones is 1. The third-order valence-corrected chi connectivity index (χ3v) is 2.85. The Labute approximate surface area is 107 Å². The van der Waals surface area contributed by atoms with Crippen LogP contribution in [0.1, 0.15) is 40.9 Å². The Morgan fingerprint density at radius 1 is 1.33 bits per heavy atom. The van der Waals surface area contributed by atoms with Gasteiger partial charge in [-0.25, -0.2) is 4.98 Å². The molecule has 2 heterocycles. The van der Waals surface area contributed by atoms with Crippen LogP contribution in [-0.4, -0.2) is 20.3 Å². The number of carbonyl (C=O) groups excluding carboxylic acids is 1. The molecular formula is C14H17N3O. The maximum Gasteiger partial charge on any atom is 0.230 e. The summed E-state index contributed by atoms with van der Waals surface area (Å²) in [4.78, 5) is 20.9. The second-order valence-corrected chi connectivity index (χ2v) is 4.36. The first kappa shape index (κ1) is 12.5. The predicted octanol–water partition coefficient (Wildman–Crippen LogP) is 2.54. The normalized spacial score (nSPS) is 10.6. The van der Waals surface area contributed by atoms with Crippen molar-refractivity contribution >= 4 is 5.78 Å². The number of aromatic nitrogens is 3. The Bertz CT molecular complexity index is 572. The number of carbonyl (C=O) groups is 1. The Morgan fingerprint density at radius 2 is 2.11 bits per heavy atom. The van der Waals surface area contributed by atoms with E-state index in [4.69, 9.17) is 0 Å². The van der Waals surface area contributed by atoms with E-state index in [0.29, 0.717) is 11.4 Å². The third-order valence-electron chi connectivity index (χ3n) is 2.85. The van der Waals surface area contributed by atoms with Gasteiger partial charge in [0.2, 0.25) is 5.78 Å². The molecule has 2 aromatic heterocycles. The van der Waals surface area contributed by atoms with Crippen molar-refractivity contribution in [3.8, 4) is 0 Å². The summed E-state index contributed by atoms with van der Waals surface area (Å²) < 4.78 is 1.89. The van der Waals surface area contributed by atoms with Gasteiger partial charge in [0.15, 0.2) is 5.82 Å². The highest BCUT2D eigenvalue weighted by atomic mass is 16.1. The van der Waals surface area contributed by atoms with E-state index < -0.39 is 0 Å². The molecule has 94 valence electrons. The summed E-state index contributed by atoms with van der Waals surface area (Å²) in [5.41, 5.74) is 2.30. The molecule has 0 spiro atoms.